The number of hydrogen-bond donors (Lipinski definition) is 0. The van der Waals surface area contributed by atoms with Crippen molar-refractivity contribution in [2.24, 2.45) is 33.5 Å². The fourth-order valence-electron chi connectivity index (χ4n) is 4.59. The Morgan fingerprint density at radius 3 is 1.25 bits per heavy atom. The topological polar surface area (TPSA) is 26.3 Å². The number of carbonyl (C=O) groups is 1. The molecule has 0 aromatic heterocycles. The first kappa shape index (κ1) is 27.5. The Morgan fingerprint density at radius 1 is 0.607 bits per heavy atom. The monoisotopic (exact) mass is 396 g/mol. The van der Waals surface area contributed by atoms with Crippen molar-refractivity contribution in [1.82, 2.24) is 0 Å². The maximum atomic E-state index is 12.6. The van der Waals surface area contributed by atoms with Crippen molar-refractivity contribution in [2.45, 2.75) is 122 Å². The molecule has 0 bridgehead atoms. The molecular weight excluding hydrogens is 344 g/mol. The smallest absolute Gasteiger partial charge is 0.306 e. The molecule has 0 spiro atoms. The Morgan fingerprint density at radius 2 is 0.929 bits per heavy atom. The fourth-order valence-corrected chi connectivity index (χ4v) is 4.59. The molecule has 168 valence electrons. The molecule has 0 atom stereocenters. The zero-order valence-electron chi connectivity index (χ0n) is 21.4. The van der Waals surface area contributed by atoms with Gasteiger partial charge in [0.25, 0.3) is 0 Å². The van der Waals surface area contributed by atoms with Gasteiger partial charge in [0.1, 0.15) is 0 Å². The molecule has 0 aliphatic rings. The minimum atomic E-state index is -0.0104. The van der Waals surface area contributed by atoms with Gasteiger partial charge in [0.2, 0.25) is 0 Å². The van der Waals surface area contributed by atoms with Gasteiger partial charge in [-0.05, 0) is 65.6 Å². The van der Waals surface area contributed by atoms with Crippen molar-refractivity contribution in [2.75, 3.05) is 6.61 Å². The first-order valence-electron chi connectivity index (χ1n) is 11.4. The van der Waals surface area contributed by atoms with Crippen molar-refractivity contribution in [1.29, 1.82) is 0 Å². The zero-order valence-corrected chi connectivity index (χ0v) is 21.4. The van der Waals surface area contributed by atoms with Crippen molar-refractivity contribution in [3.05, 3.63) is 0 Å². The lowest BCUT2D eigenvalue weighted by Gasteiger charge is -2.31. The first-order chi connectivity index (χ1) is 12.3. The molecule has 0 N–H and O–H groups in total. The molecule has 0 aromatic carbocycles. The van der Waals surface area contributed by atoms with Gasteiger partial charge in [-0.1, -0.05) is 83.1 Å². The predicted octanol–water partition coefficient (Wildman–Crippen LogP) is 8.29. The van der Waals surface area contributed by atoms with Gasteiger partial charge in [0.05, 0.1) is 6.61 Å². The van der Waals surface area contributed by atoms with Gasteiger partial charge in [-0.2, -0.15) is 0 Å². The van der Waals surface area contributed by atoms with Crippen LogP contribution in [-0.2, 0) is 9.53 Å². The molecule has 0 aromatic rings. The van der Waals surface area contributed by atoms with Crippen molar-refractivity contribution in [3.63, 3.8) is 0 Å². The summed E-state index contributed by atoms with van der Waals surface area (Å²) in [4.78, 5) is 12.6. The minimum Gasteiger partial charge on any atom is -0.466 e. The van der Waals surface area contributed by atoms with Crippen LogP contribution in [0.25, 0.3) is 0 Å². The van der Waals surface area contributed by atoms with Crippen LogP contribution in [0.1, 0.15) is 122 Å². The average molecular weight is 397 g/mol. The van der Waals surface area contributed by atoms with Crippen LogP contribution in [0.15, 0.2) is 0 Å². The van der Waals surface area contributed by atoms with E-state index in [9.17, 15) is 4.79 Å². The molecule has 0 fully saturated rings. The summed E-state index contributed by atoms with van der Waals surface area (Å²) in [5.74, 6) is 0.990. The van der Waals surface area contributed by atoms with E-state index in [0.29, 0.717) is 35.7 Å². The molecular formula is C26H52O2. The van der Waals surface area contributed by atoms with E-state index in [0.717, 1.165) is 19.3 Å². The van der Waals surface area contributed by atoms with E-state index >= 15 is 0 Å². The number of hydrogen-bond acceptors (Lipinski definition) is 2. The molecule has 0 saturated heterocycles. The summed E-state index contributed by atoms with van der Waals surface area (Å²) in [6.07, 6.45) is 6.02. The van der Waals surface area contributed by atoms with E-state index in [1.165, 1.54) is 12.8 Å². The number of rotatable bonds is 9. The highest BCUT2D eigenvalue weighted by Crippen LogP contribution is 2.36. The van der Waals surface area contributed by atoms with E-state index < -0.39 is 0 Å². The van der Waals surface area contributed by atoms with Gasteiger partial charge in [-0.3, -0.25) is 4.79 Å². The lowest BCUT2D eigenvalue weighted by atomic mass is 9.75. The van der Waals surface area contributed by atoms with Crippen LogP contribution in [-0.4, -0.2) is 12.6 Å². The molecule has 2 heteroatoms. The Balaban J connectivity index is 4.71. The van der Waals surface area contributed by atoms with Crippen LogP contribution < -0.4 is 0 Å². The Bertz CT molecular complexity index is 417. The van der Waals surface area contributed by atoms with Crippen LogP contribution in [0.3, 0.4) is 0 Å². The largest absolute Gasteiger partial charge is 0.466 e. The van der Waals surface area contributed by atoms with Gasteiger partial charge < -0.3 is 4.74 Å². The van der Waals surface area contributed by atoms with Gasteiger partial charge >= 0.3 is 5.97 Å². The van der Waals surface area contributed by atoms with Gasteiger partial charge in [0, 0.05) is 6.42 Å². The maximum absolute atomic E-state index is 12.6. The van der Waals surface area contributed by atoms with Crippen LogP contribution in [0.5, 0.6) is 0 Å². The lowest BCUT2D eigenvalue weighted by Crippen LogP contribution is -2.24. The summed E-state index contributed by atoms with van der Waals surface area (Å²) in [6.45, 7) is 28.0. The molecule has 0 rings (SSSR count). The third-order valence-corrected chi connectivity index (χ3v) is 4.85. The molecule has 0 radical (unpaired) electrons. The predicted molar refractivity (Wildman–Crippen MR) is 123 cm³/mol. The zero-order chi connectivity index (χ0) is 22.4. The Labute approximate surface area is 177 Å². The number of esters is 1. The summed E-state index contributed by atoms with van der Waals surface area (Å²) in [6, 6.07) is 0. The van der Waals surface area contributed by atoms with Crippen molar-refractivity contribution < 1.29 is 9.53 Å². The van der Waals surface area contributed by atoms with E-state index in [2.05, 4.69) is 83.1 Å². The highest BCUT2D eigenvalue weighted by molar-refractivity contribution is 5.69. The maximum Gasteiger partial charge on any atom is 0.306 e. The SMILES string of the molecule is CC(C)(C)CC(CCOC(=O)CC(CC(C)(C)C)CC(C)(C)C)CC(C)(C)C. The second-order valence-corrected chi connectivity index (χ2v) is 14.0. The Kier molecular flexibility index (Phi) is 10.3. The molecule has 0 aliphatic carbocycles. The van der Waals surface area contributed by atoms with E-state index in [1.807, 2.05) is 0 Å². The highest BCUT2D eigenvalue weighted by atomic mass is 16.5. The molecule has 2 nitrogen and oxygen atoms in total. The molecule has 0 saturated carbocycles. The second-order valence-electron chi connectivity index (χ2n) is 14.0. The van der Waals surface area contributed by atoms with Gasteiger partial charge in [0.15, 0.2) is 0 Å². The minimum absolute atomic E-state index is 0.0104. The van der Waals surface area contributed by atoms with Gasteiger partial charge in [-0.25, -0.2) is 0 Å². The molecule has 0 unspecified atom stereocenters. The summed E-state index contributed by atoms with van der Waals surface area (Å²) >= 11 is 0. The van der Waals surface area contributed by atoms with Gasteiger partial charge in [-0.15, -0.1) is 0 Å². The molecule has 0 amide bonds. The normalized spacial score (nSPS) is 14.1. The summed E-state index contributed by atoms with van der Waals surface area (Å²) in [5, 5.41) is 0. The fraction of sp³-hybridized carbons (Fsp3) is 0.962. The van der Waals surface area contributed by atoms with Crippen molar-refractivity contribution >= 4 is 5.97 Å². The van der Waals surface area contributed by atoms with Crippen LogP contribution >= 0.6 is 0 Å². The van der Waals surface area contributed by atoms with E-state index in [-0.39, 0.29) is 16.8 Å². The second kappa shape index (κ2) is 10.5. The standard InChI is InChI=1S/C26H52O2/c1-23(2,3)16-20(17-24(4,5)6)13-14-28-22(27)15-21(18-25(7,8)9)19-26(10,11)12/h20-21H,13-19H2,1-12H3. The Hall–Kier alpha value is -0.530. The molecule has 0 heterocycles. The summed E-state index contributed by atoms with van der Waals surface area (Å²) in [5.41, 5.74) is 1.09. The molecule has 28 heavy (non-hydrogen) atoms. The van der Waals surface area contributed by atoms with Crippen LogP contribution in [0, 0.1) is 33.5 Å². The molecule has 0 aliphatic heterocycles. The summed E-state index contributed by atoms with van der Waals surface area (Å²) < 4.78 is 5.72. The first-order valence-corrected chi connectivity index (χ1v) is 11.4. The van der Waals surface area contributed by atoms with Crippen LogP contribution in [0.2, 0.25) is 0 Å². The summed E-state index contributed by atoms with van der Waals surface area (Å²) in [7, 11) is 0. The number of carbonyl (C=O) groups excluding carboxylic acids is 1. The van der Waals surface area contributed by atoms with E-state index in [4.69, 9.17) is 4.74 Å². The third kappa shape index (κ3) is 17.6. The van der Waals surface area contributed by atoms with E-state index in [1.54, 1.807) is 0 Å². The average Bonchev–Trinajstić information content (AvgIpc) is 2.29. The lowest BCUT2D eigenvalue weighted by molar-refractivity contribution is -0.145. The van der Waals surface area contributed by atoms with Crippen LogP contribution in [0.4, 0.5) is 0 Å². The van der Waals surface area contributed by atoms with Crippen molar-refractivity contribution in [3.8, 4) is 0 Å². The number of ether oxygens (including phenoxy) is 1. The highest BCUT2D eigenvalue weighted by Gasteiger charge is 2.27. The quantitative estimate of drug-likeness (QED) is 0.366. The third-order valence-electron chi connectivity index (χ3n) is 4.85.